The average molecular weight is 508 g/mol. The number of allylic oxidation sites excluding steroid dienone is 1. The molecule has 0 saturated carbocycles. The molecule has 1 aromatic rings. The van der Waals surface area contributed by atoms with E-state index < -0.39 is 40.7 Å². The molecule has 6 nitrogen and oxygen atoms in total. The minimum absolute atomic E-state index is 0.0265. The molecule has 13 heteroatoms. The van der Waals surface area contributed by atoms with Crippen LogP contribution in [0.25, 0.3) is 0 Å². The van der Waals surface area contributed by atoms with Crippen molar-refractivity contribution in [3.8, 4) is 0 Å². The minimum Gasteiger partial charge on any atom is -0.357 e. The summed E-state index contributed by atoms with van der Waals surface area (Å²) in [6.07, 6.45) is -6.89. The number of hydrogen-bond acceptors (Lipinski definition) is 5. The monoisotopic (exact) mass is 508 g/mol. The number of rotatable bonds is 5. The number of likely N-dealkylation sites (N-methyl/N-ethyl adjacent to an activating group) is 1. The molecule has 0 aromatic heterocycles. The van der Waals surface area contributed by atoms with Crippen LogP contribution in [0.1, 0.15) is 29.5 Å². The van der Waals surface area contributed by atoms with Crippen molar-refractivity contribution >= 4 is 28.6 Å². The standard InChI is InChI=1S/C21H22F6N4O2S/c1-29-18(32)16(28)17-15(34-19(33)30-17)8-11-4-6-31(7-5-11)10-12-2-3-13(20(22,23)24)9-14(12)21(25,26)27/h2-3,8-9,11,16H,4-7,10,28H2,1H3,(H,29,32)/b15-8-. The molecule has 34 heavy (non-hydrogen) atoms. The molecule has 3 rings (SSSR count). The Bertz CT molecular complexity index is 1010. The van der Waals surface area contributed by atoms with Crippen molar-refractivity contribution in [1.82, 2.24) is 10.2 Å². The number of thioether (sulfide) groups is 1. The molecule has 1 aromatic carbocycles. The first kappa shape index (κ1) is 26.2. The van der Waals surface area contributed by atoms with Crippen molar-refractivity contribution in [2.45, 2.75) is 37.8 Å². The third kappa shape index (κ3) is 6.19. The highest BCUT2D eigenvalue weighted by Crippen LogP contribution is 2.38. The smallest absolute Gasteiger partial charge is 0.357 e. The maximum absolute atomic E-state index is 13.4. The highest BCUT2D eigenvalue weighted by molar-refractivity contribution is 8.18. The van der Waals surface area contributed by atoms with Gasteiger partial charge >= 0.3 is 17.6 Å². The number of benzene rings is 1. The molecule has 3 N–H and O–H groups in total. The lowest BCUT2D eigenvalue weighted by atomic mass is 9.94. The first-order valence-corrected chi connectivity index (χ1v) is 11.1. The van der Waals surface area contributed by atoms with Gasteiger partial charge in [-0.05, 0) is 61.3 Å². The van der Waals surface area contributed by atoms with Crippen molar-refractivity contribution in [2.75, 3.05) is 20.1 Å². The Balaban J connectivity index is 1.68. The van der Waals surface area contributed by atoms with Crippen LogP contribution in [-0.2, 0) is 23.7 Å². The lowest BCUT2D eigenvalue weighted by molar-refractivity contribution is -0.143. The van der Waals surface area contributed by atoms with E-state index >= 15 is 0 Å². The lowest BCUT2D eigenvalue weighted by Crippen LogP contribution is -2.44. The lowest BCUT2D eigenvalue weighted by Gasteiger charge is -2.31. The summed E-state index contributed by atoms with van der Waals surface area (Å²) >= 11 is 0.863. The van der Waals surface area contributed by atoms with Crippen LogP contribution in [0.5, 0.6) is 0 Å². The highest BCUT2D eigenvalue weighted by Gasteiger charge is 2.38. The van der Waals surface area contributed by atoms with Gasteiger partial charge in [0.2, 0.25) is 5.91 Å². The molecule has 1 unspecified atom stereocenters. The number of alkyl halides is 6. The zero-order valence-corrected chi connectivity index (χ0v) is 18.8. The molecular formula is C21H22F6N4O2S. The number of nitrogens with two attached hydrogens (primary N) is 1. The number of carbonyl (C=O) groups excluding carboxylic acids is 2. The topological polar surface area (TPSA) is 87.8 Å². The molecule has 2 amide bonds. The Morgan fingerprint density at radius 2 is 1.88 bits per heavy atom. The summed E-state index contributed by atoms with van der Waals surface area (Å²) in [6, 6.07) is 0.587. The van der Waals surface area contributed by atoms with Crippen LogP contribution in [0.3, 0.4) is 0 Å². The number of carbonyl (C=O) groups is 2. The van der Waals surface area contributed by atoms with Crippen molar-refractivity contribution in [3.05, 3.63) is 45.9 Å². The van der Waals surface area contributed by atoms with E-state index in [4.69, 9.17) is 5.73 Å². The van der Waals surface area contributed by atoms with E-state index in [2.05, 4.69) is 10.3 Å². The molecule has 186 valence electrons. The van der Waals surface area contributed by atoms with Gasteiger partial charge in [0.15, 0.2) is 0 Å². The van der Waals surface area contributed by atoms with Crippen LogP contribution in [0.2, 0.25) is 0 Å². The van der Waals surface area contributed by atoms with E-state index in [1.807, 2.05) is 0 Å². The van der Waals surface area contributed by atoms with Crippen LogP contribution in [-0.4, -0.2) is 47.9 Å². The van der Waals surface area contributed by atoms with E-state index in [0.29, 0.717) is 36.9 Å². The Labute approximate surface area is 195 Å². The number of piperidine rings is 1. The van der Waals surface area contributed by atoms with Crippen molar-refractivity contribution < 1.29 is 35.9 Å². The second-order valence-electron chi connectivity index (χ2n) is 7.97. The molecule has 2 aliphatic heterocycles. The predicted molar refractivity (Wildman–Crippen MR) is 115 cm³/mol. The van der Waals surface area contributed by atoms with Gasteiger partial charge in [-0.2, -0.15) is 26.3 Å². The first-order valence-electron chi connectivity index (χ1n) is 10.3. The summed E-state index contributed by atoms with van der Waals surface area (Å²) in [5, 5.41) is 1.91. The molecular weight excluding hydrogens is 486 g/mol. The average Bonchev–Trinajstić information content (AvgIpc) is 3.12. The number of nitrogens with one attached hydrogen (secondary N) is 1. The van der Waals surface area contributed by atoms with E-state index in [-0.39, 0.29) is 29.8 Å². The quantitative estimate of drug-likeness (QED) is 0.583. The van der Waals surface area contributed by atoms with E-state index in [1.54, 1.807) is 11.0 Å². The normalized spacial score (nSPS) is 20.5. The number of halogens is 6. The van der Waals surface area contributed by atoms with E-state index in [9.17, 15) is 35.9 Å². The zero-order chi connectivity index (χ0) is 25.3. The summed E-state index contributed by atoms with van der Waals surface area (Å²) in [4.78, 5) is 29.6. The Kier molecular flexibility index (Phi) is 7.78. The zero-order valence-electron chi connectivity index (χ0n) is 18.0. The summed E-state index contributed by atoms with van der Waals surface area (Å²) in [5.74, 6) is -0.520. The van der Waals surface area contributed by atoms with Gasteiger partial charge in [-0.15, -0.1) is 0 Å². The number of amides is 2. The van der Waals surface area contributed by atoms with Crippen LogP contribution in [0.15, 0.2) is 34.2 Å². The predicted octanol–water partition coefficient (Wildman–Crippen LogP) is 4.20. The third-order valence-corrected chi connectivity index (χ3v) is 6.47. The van der Waals surface area contributed by atoms with Gasteiger partial charge in [-0.1, -0.05) is 12.1 Å². The van der Waals surface area contributed by atoms with Gasteiger partial charge in [0.1, 0.15) is 6.04 Å². The fraction of sp³-hybridized carbons (Fsp3) is 0.476. The van der Waals surface area contributed by atoms with Crippen molar-refractivity contribution in [1.29, 1.82) is 0 Å². The van der Waals surface area contributed by atoms with Crippen LogP contribution in [0, 0.1) is 5.92 Å². The van der Waals surface area contributed by atoms with Gasteiger partial charge in [0.05, 0.1) is 16.8 Å². The Morgan fingerprint density at radius 3 is 2.44 bits per heavy atom. The van der Waals surface area contributed by atoms with Crippen molar-refractivity contribution in [2.24, 2.45) is 16.6 Å². The first-order chi connectivity index (χ1) is 15.8. The van der Waals surface area contributed by atoms with Crippen LogP contribution < -0.4 is 11.1 Å². The maximum atomic E-state index is 13.4. The Hall–Kier alpha value is -2.38. The fourth-order valence-electron chi connectivity index (χ4n) is 3.83. The fourth-order valence-corrected chi connectivity index (χ4v) is 4.70. The molecule has 0 bridgehead atoms. The minimum atomic E-state index is -4.91. The molecule has 0 spiro atoms. The summed E-state index contributed by atoms with van der Waals surface area (Å²) in [5.41, 5.74) is 3.18. The summed E-state index contributed by atoms with van der Waals surface area (Å²) in [6.45, 7) is 0.663. The molecule has 1 fully saturated rings. The van der Waals surface area contributed by atoms with E-state index in [0.717, 1.165) is 17.8 Å². The maximum Gasteiger partial charge on any atom is 0.416 e. The number of nitrogens with zero attached hydrogens (tertiary/aromatic N) is 2. The molecule has 1 atom stereocenters. The number of likely N-dealkylation sites (tertiary alicyclic amines) is 1. The van der Waals surface area contributed by atoms with Gasteiger partial charge in [0.25, 0.3) is 0 Å². The molecule has 2 aliphatic rings. The second-order valence-corrected chi connectivity index (χ2v) is 8.96. The number of hydrogen-bond donors (Lipinski definition) is 2. The van der Waals surface area contributed by atoms with Gasteiger partial charge in [-0.25, -0.2) is 4.99 Å². The SMILES string of the molecule is CNC(=O)C(N)C1=NC(=O)S/C1=C\C1CCN(Cc2ccc(C(F)(F)F)cc2C(F)(F)F)CC1. The third-order valence-electron chi connectivity index (χ3n) is 5.64. The largest absolute Gasteiger partial charge is 0.416 e. The summed E-state index contributed by atoms with van der Waals surface area (Å²) < 4.78 is 78.8. The molecule has 0 radical (unpaired) electrons. The van der Waals surface area contributed by atoms with Crippen molar-refractivity contribution in [3.63, 3.8) is 0 Å². The summed E-state index contributed by atoms with van der Waals surface area (Å²) in [7, 11) is 1.41. The molecule has 1 saturated heterocycles. The molecule has 2 heterocycles. The molecule has 0 aliphatic carbocycles. The highest BCUT2D eigenvalue weighted by atomic mass is 32.2. The van der Waals surface area contributed by atoms with Gasteiger partial charge in [-0.3, -0.25) is 14.5 Å². The van der Waals surface area contributed by atoms with Gasteiger partial charge < -0.3 is 11.1 Å². The second kappa shape index (κ2) is 10.1. The van der Waals surface area contributed by atoms with Crippen LogP contribution >= 0.6 is 11.8 Å². The van der Waals surface area contributed by atoms with Gasteiger partial charge in [0, 0.05) is 18.5 Å². The van der Waals surface area contributed by atoms with E-state index in [1.165, 1.54) is 7.05 Å². The van der Waals surface area contributed by atoms with Crippen LogP contribution in [0.4, 0.5) is 31.1 Å². The Morgan fingerprint density at radius 1 is 1.24 bits per heavy atom. The number of aliphatic imine (C=N–C) groups is 1.